The third-order valence-electron chi connectivity index (χ3n) is 1.56. The smallest absolute Gasteiger partial charge is 0.223 e. The van der Waals surface area contributed by atoms with Gasteiger partial charge in [0.25, 0.3) is 0 Å². The predicted octanol–water partition coefficient (Wildman–Crippen LogP) is 1.95. The van der Waals surface area contributed by atoms with Crippen LogP contribution in [0.15, 0.2) is 0 Å². The number of hydrogen-bond acceptors (Lipinski definition) is 1. The molecule has 0 aliphatic carbocycles. The largest absolute Gasteiger partial charge is 0.351 e. The molecule has 0 aliphatic rings. The Morgan fingerprint density at radius 1 is 1.45 bits per heavy atom. The Hall–Kier alpha value is -0.530. The quantitative estimate of drug-likeness (QED) is 0.652. The van der Waals surface area contributed by atoms with E-state index in [0.717, 1.165) is 6.42 Å². The van der Waals surface area contributed by atoms with Crippen LogP contribution in [0.1, 0.15) is 41.0 Å². The lowest BCUT2D eigenvalue weighted by atomic mass is 10.0. The van der Waals surface area contributed by atoms with E-state index in [0.29, 0.717) is 0 Å². The van der Waals surface area contributed by atoms with E-state index >= 15 is 0 Å². The molecule has 0 aromatic heterocycles. The van der Waals surface area contributed by atoms with E-state index in [1.54, 1.807) is 0 Å². The first-order valence-electron chi connectivity index (χ1n) is 4.19. The summed E-state index contributed by atoms with van der Waals surface area (Å²) >= 11 is 0. The number of amides is 1. The molecule has 66 valence electrons. The first-order valence-corrected chi connectivity index (χ1v) is 4.19. The minimum absolute atomic E-state index is 0.0967. The molecule has 0 bridgehead atoms. The second-order valence-corrected chi connectivity index (χ2v) is 4.05. The summed E-state index contributed by atoms with van der Waals surface area (Å²) < 4.78 is 0. The van der Waals surface area contributed by atoms with Crippen molar-refractivity contribution in [1.29, 1.82) is 0 Å². The maximum absolute atomic E-state index is 11.3. The van der Waals surface area contributed by atoms with Gasteiger partial charge in [-0.3, -0.25) is 4.79 Å². The van der Waals surface area contributed by atoms with Gasteiger partial charge in [0.2, 0.25) is 5.91 Å². The molecule has 1 N–H and O–H groups in total. The normalized spacial score (nSPS) is 14.3. The average molecular weight is 157 g/mol. The molecule has 1 atom stereocenters. The zero-order valence-corrected chi connectivity index (χ0v) is 8.19. The highest BCUT2D eigenvalue weighted by molar-refractivity contribution is 5.78. The fourth-order valence-corrected chi connectivity index (χ4v) is 0.678. The second-order valence-electron chi connectivity index (χ2n) is 4.05. The maximum Gasteiger partial charge on any atom is 0.223 e. The Labute approximate surface area is 69.4 Å². The highest BCUT2D eigenvalue weighted by Crippen LogP contribution is 2.05. The molecule has 2 nitrogen and oxygen atoms in total. The first-order chi connectivity index (χ1) is 4.87. The monoisotopic (exact) mass is 157 g/mol. The van der Waals surface area contributed by atoms with Gasteiger partial charge in [0.05, 0.1) is 0 Å². The number of rotatable bonds is 2. The molecule has 0 aliphatic heterocycles. The molecule has 1 amide bonds. The fraction of sp³-hybridized carbons (Fsp3) is 0.889. The second kappa shape index (κ2) is 3.74. The summed E-state index contributed by atoms with van der Waals surface area (Å²) in [6.07, 6.45) is 0.905. The number of hydrogen-bond donors (Lipinski definition) is 1. The molecule has 0 saturated heterocycles. The molecule has 0 spiro atoms. The van der Waals surface area contributed by atoms with Gasteiger partial charge < -0.3 is 5.32 Å². The zero-order chi connectivity index (χ0) is 9.07. The van der Waals surface area contributed by atoms with Crippen LogP contribution in [0.3, 0.4) is 0 Å². The molecule has 0 fully saturated rings. The van der Waals surface area contributed by atoms with Gasteiger partial charge in [-0.1, -0.05) is 13.8 Å². The van der Waals surface area contributed by atoms with Crippen molar-refractivity contribution in [2.75, 3.05) is 0 Å². The lowest BCUT2D eigenvalue weighted by Gasteiger charge is -2.22. The molecule has 0 rings (SSSR count). The van der Waals surface area contributed by atoms with Gasteiger partial charge in [-0.05, 0) is 27.2 Å². The Morgan fingerprint density at radius 3 is 2.18 bits per heavy atom. The van der Waals surface area contributed by atoms with Crippen molar-refractivity contribution >= 4 is 5.91 Å². The summed E-state index contributed by atoms with van der Waals surface area (Å²) in [5.74, 6) is 0.286. The summed E-state index contributed by atoms with van der Waals surface area (Å²) in [6, 6.07) is 0. The molecule has 0 heterocycles. The lowest BCUT2D eigenvalue weighted by molar-refractivity contribution is -0.126. The summed E-state index contributed by atoms with van der Waals surface area (Å²) in [5.41, 5.74) is -0.0967. The van der Waals surface area contributed by atoms with E-state index in [1.165, 1.54) is 0 Å². The van der Waals surface area contributed by atoms with Crippen LogP contribution in [0.4, 0.5) is 0 Å². The van der Waals surface area contributed by atoms with E-state index in [-0.39, 0.29) is 17.4 Å². The van der Waals surface area contributed by atoms with Crippen molar-refractivity contribution in [2.24, 2.45) is 5.92 Å². The molecule has 0 radical (unpaired) electrons. The van der Waals surface area contributed by atoms with Gasteiger partial charge in [0, 0.05) is 11.5 Å². The highest BCUT2D eigenvalue weighted by atomic mass is 16.2. The van der Waals surface area contributed by atoms with Crippen molar-refractivity contribution < 1.29 is 4.79 Å². The third kappa shape index (κ3) is 4.82. The fourth-order valence-electron chi connectivity index (χ4n) is 0.678. The van der Waals surface area contributed by atoms with Crippen LogP contribution in [-0.2, 0) is 4.79 Å². The van der Waals surface area contributed by atoms with E-state index < -0.39 is 0 Å². The maximum atomic E-state index is 11.3. The average Bonchev–Trinajstić information content (AvgIpc) is 1.82. The summed E-state index contributed by atoms with van der Waals surface area (Å²) in [7, 11) is 0. The Morgan fingerprint density at radius 2 is 1.91 bits per heavy atom. The SMILES string of the molecule is CCC(C)C(=O)NC(C)(C)C. The van der Waals surface area contributed by atoms with Gasteiger partial charge in [0.15, 0.2) is 0 Å². The van der Waals surface area contributed by atoms with Gasteiger partial charge in [-0.2, -0.15) is 0 Å². The Bertz CT molecular complexity index is 135. The Balaban J connectivity index is 3.88. The van der Waals surface area contributed by atoms with Crippen molar-refractivity contribution in [3.05, 3.63) is 0 Å². The van der Waals surface area contributed by atoms with Crippen LogP contribution in [0.5, 0.6) is 0 Å². The first kappa shape index (κ1) is 10.5. The van der Waals surface area contributed by atoms with E-state index in [4.69, 9.17) is 0 Å². The molecular weight excluding hydrogens is 138 g/mol. The summed E-state index contributed by atoms with van der Waals surface area (Å²) in [4.78, 5) is 11.3. The lowest BCUT2D eigenvalue weighted by Crippen LogP contribution is -2.43. The standard InChI is InChI=1S/C9H19NO/c1-6-7(2)8(11)10-9(3,4)5/h7H,6H2,1-5H3,(H,10,11). The summed E-state index contributed by atoms with van der Waals surface area (Å²) in [6.45, 7) is 9.95. The van der Waals surface area contributed by atoms with Crippen LogP contribution in [0, 0.1) is 5.92 Å². The minimum Gasteiger partial charge on any atom is -0.351 e. The molecule has 11 heavy (non-hydrogen) atoms. The summed E-state index contributed by atoms with van der Waals surface area (Å²) in [5, 5.41) is 2.93. The number of carbonyl (C=O) groups excluding carboxylic acids is 1. The van der Waals surface area contributed by atoms with Gasteiger partial charge in [-0.15, -0.1) is 0 Å². The van der Waals surface area contributed by atoms with Gasteiger partial charge in [0.1, 0.15) is 0 Å². The molecular formula is C9H19NO. The van der Waals surface area contributed by atoms with Crippen molar-refractivity contribution in [1.82, 2.24) is 5.32 Å². The highest BCUT2D eigenvalue weighted by Gasteiger charge is 2.17. The van der Waals surface area contributed by atoms with Crippen molar-refractivity contribution in [3.8, 4) is 0 Å². The predicted molar refractivity (Wildman–Crippen MR) is 47.4 cm³/mol. The van der Waals surface area contributed by atoms with E-state index in [1.807, 2.05) is 34.6 Å². The molecule has 1 unspecified atom stereocenters. The topological polar surface area (TPSA) is 29.1 Å². The van der Waals surface area contributed by atoms with Crippen LogP contribution in [0.2, 0.25) is 0 Å². The molecule has 2 heteroatoms. The van der Waals surface area contributed by atoms with Gasteiger partial charge >= 0.3 is 0 Å². The molecule has 0 saturated carbocycles. The van der Waals surface area contributed by atoms with Crippen LogP contribution >= 0.6 is 0 Å². The van der Waals surface area contributed by atoms with E-state index in [9.17, 15) is 4.79 Å². The van der Waals surface area contributed by atoms with Gasteiger partial charge in [-0.25, -0.2) is 0 Å². The number of nitrogens with one attached hydrogen (secondary N) is 1. The van der Waals surface area contributed by atoms with Crippen LogP contribution in [0.25, 0.3) is 0 Å². The van der Waals surface area contributed by atoms with Crippen molar-refractivity contribution in [2.45, 2.75) is 46.6 Å². The third-order valence-corrected chi connectivity index (χ3v) is 1.56. The van der Waals surface area contributed by atoms with Crippen molar-refractivity contribution in [3.63, 3.8) is 0 Å². The van der Waals surface area contributed by atoms with Crippen LogP contribution < -0.4 is 5.32 Å². The number of carbonyl (C=O) groups is 1. The van der Waals surface area contributed by atoms with E-state index in [2.05, 4.69) is 5.32 Å². The molecule has 0 aromatic carbocycles. The zero-order valence-electron chi connectivity index (χ0n) is 8.19. The van der Waals surface area contributed by atoms with Crippen LogP contribution in [-0.4, -0.2) is 11.4 Å². The Kier molecular flexibility index (Phi) is 3.56. The molecule has 0 aromatic rings. The minimum atomic E-state index is -0.0967.